The van der Waals surface area contributed by atoms with E-state index in [1.807, 2.05) is 0 Å². The molecule has 28 heavy (non-hydrogen) atoms. The van der Waals surface area contributed by atoms with Crippen LogP contribution in [-0.2, 0) is 12.6 Å². The van der Waals surface area contributed by atoms with Gasteiger partial charge in [-0.2, -0.15) is 13.2 Å². The predicted octanol–water partition coefficient (Wildman–Crippen LogP) is 4.35. The van der Waals surface area contributed by atoms with E-state index in [0.29, 0.717) is 5.75 Å². The molecule has 0 radical (unpaired) electrons. The Morgan fingerprint density at radius 2 is 1.89 bits per heavy atom. The minimum absolute atomic E-state index is 0.0627. The van der Waals surface area contributed by atoms with Crippen LogP contribution >= 0.6 is 11.6 Å². The van der Waals surface area contributed by atoms with Crippen molar-refractivity contribution in [1.29, 1.82) is 0 Å². The number of hydrogen-bond donors (Lipinski definition) is 1. The number of nitrogens with zero attached hydrogens (tertiary/aromatic N) is 1. The van der Waals surface area contributed by atoms with Gasteiger partial charge in [-0.05, 0) is 41.5 Å². The molecule has 0 spiro atoms. The van der Waals surface area contributed by atoms with E-state index in [2.05, 4.69) is 0 Å². The highest BCUT2D eigenvalue weighted by atomic mass is 35.5. The maximum absolute atomic E-state index is 14.1. The summed E-state index contributed by atoms with van der Waals surface area (Å²) < 4.78 is 53.5. The molecule has 0 aliphatic carbocycles. The molecule has 0 saturated heterocycles. The Hall–Kier alpha value is -2.45. The van der Waals surface area contributed by atoms with Crippen LogP contribution in [0.1, 0.15) is 24.0 Å². The molecule has 0 bridgehead atoms. The number of fused-ring (bicyclic) bond motifs is 1. The van der Waals surface area contributed by atoms with Crippen molar-refractivity contribution < 1.29 is 27.4 Å². The number of hydrogen-bond acceptors (Lipinski definition) is 4. The molecule has 0 aliphatic rings. The molecule has 3 rings (SSSR count). The highest BCUT2D eigenvalue weighted by molar-refractivity contribution is 6.31. The Labute approximate surface area is 162 Å². The van der Waals surface area contributed by atoms with Crippen molar-refractivity contribution in [2.24, 2.45) is 7.05 Å². The van der Waals surface area contributed by atoms with E-state index < -0.39 is 29.0 Å². The van der Waals surface area contributed by atoms with Crippen molar-refractivity contribution in [3.8, 4) is 5.75 Å². The molecule has 1 heterocycles. The first-order chi connectivity index (χ1) is 13.0. The first-order valence-corrected chi connectivity index (χ1v) is 8.61. The first kappa shape index (κ1) is 20.3. The summed E-state index contributed by atoms with van der Waals surface area (Å²) in [5, 5.41) is 11.0. The number of aliphatic hydroxyl groups is 1. The maximum atomic E-state index is 14.1. The normalized spacial score (nSPS) is 15.4. The molecule has 0 saturated carbocycles. The molecule has 3 aromatic rings. The molecule has 1 N–H and O–H groups in total. The number of halogens is 4. The fourth-order valence-corrected chi connectivity index (χ4v) is 3.51. The Kier molecular flexibility index (Phi) is 4.97. The number of aryl methyl sites for hydroxylation is 1. The van der Waals surface area contributed by atoms with Crippen LogP contribution in [0.4, 0.5) is 13.2 Å². The van der Waals surface area contributed by atoms with Crippen LogP contribution < -0.4 is 10.5 Å². The zero-order chi connectivity index (χ0) is 20.9. The molecule has 2 atom stereocenters. The number of ether oxygens (including phenoxy) is 1. The van der Waals surface area contributed by atoms with Crippen LogP contribution in [0.3, 0.4) is 0 Å². The second-order valence-corrected chi connectivity index (χ2v) is 6.89. The second-order valence-electron chi connectivity index (χ2n) is 6.48. The van der Waals surface area contributed by atoms with E-state index in [9.17, 15) is 23.1 Å². The minimum Gasteiger partial charge on any atom is -0.497 e. The predicted molar refractivity (Wildman–Crippen MR) is 97.8 cm³/mol. The molecule has 2 aromatic carbocycles. The van der Waals surface area contributed by atoms with Crippen LogP contribution in [0.5, 0.6) is 5.75 Å². The smallest absolute Gasteiger partial charge is 0.422 e. The quantitative estimate of drug-likeness (QED) is 0.688. The number of oxazole rings is 1. The zero-order valence-corrected chi connectivity index (χ0v) is 15.9. The molecule has 0 unspecified atom stereocenters. The molecule has 5 nitrogen and oxygen atoms in total. The fraction of sp³-hybridized carbons (Fsp3) is 0.316. The summed E-state index contributed by atoms with van der Waals surface area (Å²) >= 11 is 6.12. The Morgan fingerprint density at radius 3 is 2.50 bits per heavy atom. The van der Waals surface area contributed by atoms with Crippen molar-refractivity contribution in [3.63, 3.8) is 0 Å². The van der Waals surface area contributed by atoms with Crippen LogP contribution in [-0.4, -0.2) is 23.0 Å². The Bertz CT molecular complexity index is 1090. The van der Waals surface area contributed by atoms with E-state index in [-0.39, 0.29) is 21.7 Å². The van der Waals surface area contributed by atoms with Gasteiger partial charge in [0, 0.05) is 18.0 Å². The van der Waals surface area contributed by atoms with Gasteiger partial charge >= 0.3 is 11.9 Å². The maximum Gasteiger partial charge on any atom is 0.422 e. The van der Waals surface area contributed by atoms with Gasteiger partial charge in [0.15, 0.2) is 11.2 Å². The van der Waals surface area contributed by atoms with E-state index in [1.54, 1.807) is 0 Å². The summed E-state index contributed by atoms with van der Waals surface area (Å²) in [5.74, 6) is -1.88. The summed E-state index contributed by atoms with van der Waals surface area (Å²) in [6, 6.07) is 7.69. The summed E-state index contributed by atoms with van der Waals surface area (Å²) in [6.07, 6.45) is -5.03. The average Bonchev–Trinajstić information content (AvgIpc) is 2.93. The number of methoxy groups -OCH3 is 1. The van der Waals surface area contributed by atoms with Gasteiger partial charge in [0.1, 0.15) is 5.75 Å². The second kappa shape index (κ2) is 6.86. The average molecular weight is 416 g/mol. The van der Waals surface area contributed by atoms with Crippen molar-refractivity contribution >= 4 is 22.7 Å². The third-order valence-electron chi connectivity index (χ3n) is 4.96. The van der Waals surface area contributed by atoms with Gasteiger partial charge in [-0.3, -0.25) is 4.57 Å². The van der Waals surface area contributed by atoms with Crippen molar-refractivity contribution in [2.45, 2.75) is 24.6 Å². The van der Waals surface area contributed by atoms with Crippen molar-refractivity contribution in [2.75, 3.05) is 7.11 Å². The van der Waals surface area contributed by atoms with Crippen LogP contribution in [0.2, 0.25) is 5.02 Å². The lowest BCUT2D eigenvalue weighted by molar-refractivity contribution is -0.274. The molecule has 9 heteroatoms. The Balaban J connectivity index is 2.24. The molecule has 0 aliphatic heterocycles. The first-order valence-electron chi connectivity index (χ1n) is 8.23. The van der Waals surface area contributed by atoms with Crippen LogP contribution in [0.15, 0.2) is 45.6 Å². The number of aromatic nitrogens is 1. The largest absolute Gasteiger partial charge is 0.497 e. The van der Waals surface area contributed by atoms with Crippen LogP contribution in [0, 0.1) is 0 Å². The standard InChI is InChI=1S/C19H17ClF3NO4/c1-10(13-9-12(27-3)5-6-14(13)20)18(26,19(21,22)23)11-4-7-16-15(8-11)24(2)17(25)28-16/h4-10,26H,1-3H3/t10-,18-/m1/s1. The van der Waals surface area contributed by atoms with Gasteiger partial charge in [0.25, 0.3) is 0 Å². The monoisotopic (exact) mass is 415 g/mol. The van der Waals surface area contributed by atoms with Crippen molar-refractivity contribution in [1.82, 2.24) is 4.57 Å². The number of alkyl halides is 3. The fourth-order valence-electron chi connectivity index (χ4n) is 3.23. The summed E-state index contributed by atoms with van der Waals surface area (Å²) in [4.78, 5) is 11.6. The summed E-state index contributed by atoms with van der Waals surface area (Å²) in [5.41, 5.74) is -3.39. The van der Waals surface area contributed by atoms with Gasteiger partial charge in [0.2, 0.25) is 0 Å². The topological polar surface area (TPSA) is 64.6 Å². The minimum atomic E-state index is -5.03. The summed E-state index contributed by atoms with van der Waals surface area (Å²) in [6.45, 7) is 1.23. The molecule has 1 aromatic heterocycles. The van der Waals surface area contributed by atoms with Gasteiger partial charge in [0.05, 0.1) is 12.6 Å². The van der Waals surface area contributed by atoms with Crippen molar-refractivity contribution in [3.05, 3.63) is 63.1 Å². The molecule has 0 amide bonds. The van der Waals surface area contributed by atoms with Gasteiger partial charge in [-0.25, -0.2) is 4.79 Å². The molecule has 0 fully saturated rings. The van der Waals surface area contributed by atoms with E-state index >= 15 is 0 Å². The lowest BCUT2D eigenvalue weighted by atomic mass is 9.77. The van der Waals surface area contributed by atoms with E-state index in [0.717, 1.165) is 16.7 Å². The summed E-state index contributed by atoms with van der Waals surface area (Å²) in [7, 11) is 2.74. The van der Waals surface area contributed by atoms with Crippen LogP contribution in [0.25, 0.3) is 11.1 Å². The Morgan fingerprint density at radius 1 is 1.21 bits per heavy atom. The number of rotatable bonds is 4. The molecule has 150 valence electrons. The highest BCUT2D eigenvalue weighted by Gasteiger charge is 2.59. The molecular weight excluding hydrogens is 399 g/mol. The van der Waals surface area contributed by atoms with Gasteiger partial charge < -0.3 is 14.3 Å². The zero-order valence-electron chi connectivity index (χ0n) is 15.2. The third-order valence-corrected chi connectivity index (χ3v) is 5.30. The van der Waals surface area contributed by atoms with E-state index in [4.69, 9.17) is 20.8 Å². The van der Waals surface area contributed by atoms with Gasteiger partial charge in [-0.15, -0.1) is 0 Å². The SMILES string of the molecule is COc1ccc(Cl)c([C@@H](C)[C@@](O)(c2ccc3oc(=O)n(C)c3c2)C(F)(F)F)c1. The number of benzene rings is 2. The molecular formula is C19H17ClF3NO4. The van der Waals surface area contributed by atoms with E-state index in [1.165, 1.54) is 45.3 Å². The lowest BCUT2D eigenvalue weighted by Gasteiger charge is -2.37. The lowest BCUT2D eigenvalue weighted by Crippen LogP contribution is -2.46. The van der Waals surface area contributed by atoms with Gasteiger partial charge in [-0.1, -0.05) is 24.6 Å². The highest BCUT2D eigenvalue weighted by Crippen LogP contribution is 2.50. The third kappa shape index (κ3) is 3.06.